The van der Waals surface area contributed by atoms with Crippen molar-refractivity contribution in [3.63, 3.8) is 0 Å². The molecule has 5 nitrogen and oxygen atoms in total. The van der Waals surface area contributed by atoms with Crippen molar-refractivity contribution in [3.8, 4) is 5.75 Å². The molecule has 0 atom stereocenters. The first-order valence-electron chi connectivity index (χ1n) is 10.0. The molecule has 0 fully saturated rings. The van der Waals surface area contributed by atoms with Gasteiger partial charge in [0.25, 0.3) is 0 Å². The van der Waals surface area contributed by atoms with Crippen LogP contribution < -0.4 is 9.81 Å². The highest BCUT2D eigenvalue weighted by molar-refractivity contribution is 7.87. The summed E-state index contributed by atoms with van der Waals surface area (Å²) in [5, 5.41) is 0.841. The van der Waals surface area contributed by atoms with E-state index in [1.807, 2.05) is 0 Å². The van der Waals surface area contributed by atoms with Gasteiger partial charge >= 0.3 is 15.7 Å². The van der Waals surface area contributed by atoms with Crippen molar-refractivity contribution in [2.24, 2.45) is 0 Å². The van der Waals surface area contributed by atoms with Crippen LogP contribution in [0.2, 0.25) is 0 Å². The lowest BCUT2D eigenvalue weighted by molar-refractivity contribution is 0.484. The number of benzene rings is 2. The monoisotopic (exact) mass is 414 g/mol. The molecule has 0 aliphatic carbocycles. The second-order valence-electron chi connectivity index (χ2n) is 7.06. The van der Waals surface area contributed by atoms with E-state index in [2.05, 4.69) is 13.8 Å². The topological polar surface area (TPSA) is 73.6 Å². The molecule has 0 spiro atoms. The Hall–Kier alpha value is -2.60. The number of aryl methyl sites for hydroxylation is 1. The number of unbranched alkanes of at least 4 members (excludes halogenated alkanes) is 2. The van der Waals surface area contributed by atoms with E-state index in [-0.39, 0.29) is 16.3 Å². The zero-order valence-corrected chi connectivity index (χ0v) is 17.6. The highest BCUT2D eigenvalue weighted by Gasteiger charge is 2.18. The summed E-state index contributed by atoms with van der Waals surface area (Å²) in [6.45, 7) is 4.20. The molecule has 29 heavy (non-hydrogen) atoms. The van der Waals surface area contributed by atoms with Crippen molar-refractivity contribution in [2.75, 3.05) is 0 Å². The predicted molar refractivity (Wildman–Crippen MR) is 114 cm³/mol. The Labute approximate surface area is 171 Å². The average Bonchev–Trinajstić information content (AvgIpc) is 2.71. The first kappa shape index (κ1) is 21.1. The van der Waals surface area contributed by atoms with Crippen molar-refractivity contribution in [1.29, 1.82) is 0 Å². The molecule has 0 bridgehead atoms. The van der Waals surface area contributed by atoms with Crippen molar-refractivity contribution in [3.05, 3.63) is 70.1 Å². The van der Waals surface area contributed by atoms with Crippen LogP contribution in [0.5, 0.6) is 5.75 Å². The van der Waals surface area contributed by atoms with Gasteiger partial charge in [0.15, 0.2) is 0 Å². The molecular weight excluding hydrogens is 388 g/mol. The zero-order valence-electron chi connectivity index (χ0n) is 16.8. The van der Waals surface area contributed by atoms with Crippen LogP contribution in [0, 0.1) is 0 Å². The van der Waals surface area contributed by atoms with E-state index in [0.29, 0.717) is 12.0 Å². The Balaban J connectivity index is 2.02. The predicted octanol–water partition coefficient (Wildman–Crippen LogP) is 5.25. The minimum absolute atomic E-state index is 0.0695. The molecule has 3 aromatic rings. The maximum atomic E-state index is 12.6. The van der Waals surface area contributed by atoms with Crippen LogP contribution in [0.25, 0.3) is 11.0 Å². The summed E-state index contributed by atoms with van der Waals surface area (Å²) in [6.07, 6.45) is 5.39. The van der Waals surface area contributed by atoms with Crippen LogP contribution in [0.3, 0.4) is 0 Å². The van der Waals surface area contributed by atoms with Gasteiger partial charge in [-0.3, -0.25) is 0 Å². The number of hydrogen-bond donors (Lipinski definition) is 0. The van der Waals surface area contributed by atoms with Crippen LogP contribution in [0.1, 0.15) is 50.7 Å². The third-order valence-corrected chi connectivity index (χ3v) is 6.15. The molecule has 0 saturated carbocycles. The Morgan fingerprint density at radius 2 is 1.55 bits per heavy atom. The van der Waals surface area contributed by atoms with Gasteiger partial charge in [0.1, 0.15) is 16.2 Å². The summed E-state index contributed by atoms with van der Waals surface area (Å²) < 4.78 is 35.7. The Kier molecular flexibility index (Phi) is 6.75. The van der Waals surface area contributed by atoms with E-state index in [9.17, 15) is 13.2 Å². The van der Waals surface area contributed by atoms with Crippen LogP contribution >= 0.6 is 0 Å². The van der Waals surface area contributed by atoms with E-state index in [0.717, 1.165) is 48.6 Å². The van der Waals surface area contributed by atoms with E-state index >= 15 is 0 Å². The molecule has 2 aromatic carbocycles. The summed E-state index contributed by atoms with van der Waals surface area (Å²) in [5.74, 6) is 0.118. The Morgan fingerprint density at radius 3 is 2.21 bits per heavy atom. The fraction of sp³-hybridized carbons (Fsp3) is 0.348. The summed E-state index contributed by atoms with van der Waals surface area (Å²) >= 11 is 0. The summed E-state index contributed by atoms with van der Waals surface area (Å²) in [7, 11) is -3.96. The van der Waals surface area contributed by atoms with Crippen LogP contribution in [0.4, 0.5) is 0 Å². The minimum Gasteiger partial charge on any atom is -0.422 e. The lowest BCUT2D eigenvalue weighted by Gasteiger charge is -2.12. The zero-order chi connectivity index (χ0) is 20.9. The van der Waals surface area contributed by atoms with E-state index in [4.69, 9.17) is 8.60 Å². The molecule has 0 saturated heterocycles. The molecule has 0 radical (unpaired) electrons. The van der Waals surface area contributed by atoms with E-state index in [1.54, 1.807) is 30.3 Å². The molecule has 1 aromatic heterocycles. The average molecular weight is 415 g/mol. The SMILES string of the molecule is CCCCc1c(CCCC)c2ccc(OS(=O)(=O)c3ccccc3)cc2oc1=O. The maximum absolute atomic E-state index is 12.6. The molecule has 1 heterocycles. The fourth-order valence-electron chi connectivity index (χ4n) is 3.34. The van der Waals surface area contributed by atoms with Gasteiger partial charge in [-0.1, -0.05) is 44.9 Å². The van der Waals surface area contributed by atoms with Crippen molar-refractivity contribution in [2.45, 2.75) is 57.3 Å². The molecule has 0 aliphatic rings. The molecule has 6 heteroatoms. The Bertz CT molecular complexity index is 1130. The van der Waals surface area contributed by atoms with Gasteiger partial charge in [0, 0.05) is 17.0 Å². The van der Waals surface area contributed by atoms with Gasteiger partial charge in [-0.2, -0.15) is 8.42 Å². The first-order chi connectivity index (χ1) is 14.0. The van der Waals surface area contributed by atoms with Gasteiger partial charge < -0.3 is 8.60 Å². The third-order valence-electron chi connectivity index (χ3n) is 4.89. The van der Waals surface area contributed by atoms with Gasteiger partial charge in [-0.05, 0) is 55.5 Å². The molecule has 0 unspecified atom stereocenters. The van der Waals surface area contributed by atoms with Crippen LogP contribution in [-0.2, 0) is 23.0 Å². The highest BCUT2D eigenvalue weighted by Crippen LogP contribution is 2.28. The van der Waals surface area contributed by atoms with Crippen molar-refractivity contribution < 1.29 is 17.0 Å². The molecule has 3 rings (SSSR count). The quantitative estimate of drug-likeness (QED) is 0.353. The minimum atomic E-state index is -3.96. The van der Waals surface area contributed by atoms with Gasteiger partial charge in [0.05, 0.1) is 0 Å². The van der Waals surface area contributed by atoms with Gasteiger partial charge in [-0.25, -0.2) is 4.79 Å². The van der Waals surface area contributed by atoms with Crippen LogP contribution in [-0.4, -0.2) is 8.42 Å². The summed E-state index contributed by atoms with van der Waals surface area (Å²) in [6, 6.07) is 12.8. The molecule has 0 aliphatic heterocycles. The first-order valence-corrected chi connectivity index (χ1v) is 11.4. The summed E-state index contributed by atoms with van der Waals surface area (Å²) in [5.41, 5.74) is 1.74. The fourth-order valence-corrected chi connectivity index (χ4v) is 4.29. The largest absolute Gasteiger partial charge is 0.422 e. The molecule has 0 amide bonds. The normalized spacial score (nSPS) is 11.7. The molecular formula is C23H26O5S. The highest BCUT2D eigenvalue weighted by atomic mass is 32.2. The van der Waals surface area contributed by atoms with E-state index in [1.165, 1.54) is 18.2 Å². The molecule has 154 valence electrons. The number of rotatable bonds is 9. The van der Waals surface area contributed by atoms with Gasteiger partial charge in [0.2, 0.25) is 0 Å². The standard InChI is InChI=1S/C23H26O5S/c1-3-5-12-19-20-15-14-17(28-29(25,26)18-10-8-7-9-11-18)16-22(20)27-23(24)21(19)13-6-4-2/h7-11,14-16H,3-6,12-13H2,1-2H3. The molecule has 0 N–H and O–H groups in total. The van der Waals surface area contributed by atoms with Crippen LogP contribution in [0.15, 0.2) is 62.6 Å². The van der Waals surface area contributed by atoms with Gasteiger partial charge in [-0.15, -0.1) is 0 Å². The second-order valence-corrected chi connectivity index (χ2v) is 8.61. The Morgan fingerprint density at radius 1 is 0.897 bits per heavy atom. The third kappa shape index (κ3) is 4.88. The lowest BCUT2D eigenvalue weighted by Crippen LogP contribution is -2.13. The smallest absolute Gasteiger partial charge is 0.339 e. The van der Waals surface area contributed by atoms with E-state index < -0.39 is 10.1 Å². The second kappa shape index (κ2) is 9.27. The van der Waals surface area contributed by atoms with Crippen molar-refractivity contribution >= 4 is 21.1 Å². The maximum Gasteiger partial charge on any atom is 0.339 e. The number of hydrogen-bond acceptors (Lipinski definition) is 5. The lowest BCUT2D eigenvalue weighted by atomic mass is 9.96. The summed E-state index contributed by atoms with van der Waals surface area (Å²) in [4.78, 5) is 12.7. The van der Waals surface area contributed by atoms with Crippen molar-refractivity contribution in [1.82, 2.24) is 0 Å². The number of fused-ring (bicyclic) bond motifs is 1.